The van der Waals surface area contributed by atoms with Crippen molar-refractivity contribution in [3.8, 4) is 11.1 Å². The second-order valence-corrected chi connectivity index (χ2v) is 27.5. The SMILES string of the molecule is CC(C)CNC(=O)c1cc(Cl)cc2[nH]ncc12.CC(C)NC(=O)c1cc(Cl)cc2[nH]ncc12.CN(c1ccc(-c2cc(Cl)cc3[nH]ncc23)cc1)S(C)(=O)=O.Clc1cc(N2CCC(c3ncc[nH]3)CC2)c2cn[nH]c2c1.O=C(NCc1ccccc1)c1cc(Cl)cc2[nH]ncc12. The Kier molecular flexibility index (Phi) is 22.7. The number of nitrogens with one attached hydrogen (secondary N) is 9. The molecule has 0 atom stereocenters. The standard InChI is InChI=1S/C15H16ClN5.C15H14ClN3O2S.C15H12ClN3O.C12H14ClN3O.C11H12ClN3O/c16-11-7-13-12(9-19-20-13)14(8-11)21-5-1-10(2-6-21)15-17-3-4-18-15;1-19(22(2,20)21)12-5-3-10(4-6-12)13-7-11(16)8-15-14(13)9-17-18-15;16-11-6-12(13-9-18-19-14(13)7-11)15(20)17-8-10-4-2-1-3-5-10;1-7(2)5-14-12(17)9-3-8(13)4-11-10(9)6-15-16-11;1-6(2)14-11(16)8-3-7(12)4-10-9(8)5-13-15-10/h3-4,7-10H,1-2,5-6H2,(H,17,18)(H,19,20);3-9H,1-2H3,(H,17,18);1-7,9H,8H2,(H,17,20)(H,18,19);3-4,6-7H,5H2,1-2H3,(H,14,17)(H,15,16);3-6H,1-2H3,(H,13,15)(H,14,16). The van der Waals surface area contributed by atoms with Crippen molar-refractivity contribution < 1.29 is 22.8 Å². The van der Waals surface area contributed by atoms with Gasteiger partial charge in [-0.15, -0.1) is 0 Å². The lowest BCUT2D eigenvalue weighted by atomic mass is 9.95. The van der Waals surface area contributed by atoms with Crippen molar-refractivity contribution in [3.63, 3.8) is 0 Å². The molecule has 0 bridgehead atoms. The van der Waals surface area contributed by atoms with E-state index in [1.807, 2.05) is 113 Å². The Morgan fingerprint density at radius 1 is 0.573 bits per heavy atom. The van der Waals surface area contributed by atoms with Gasteiger partial charge in [0.15, 0.2) is 0 Å². The summed E-state index contributed by atoms with van der Waals surface area (Å²) in [7, 11) is -1.74. The molecular weight excluding hydrogens is 1340 g/mol. The average molecular weight is 1410 g/mol. The number of amides is 3. The Morgan fingerprint density at radius 2 is 1.02 bits per heavy atom. The third-order valence-corrected chi connectivity index (χ3v) is 17.8. The number of carbonyl (C=O) groups is 3. The lowest BCUT2D eigenvalue weighted by molar-refractivity contribution is 0.0938. The van der Waals surface area contributed by atoms with Crippen LogP contribution >= 0.6 is 58.0 Å². The molecule has 0 spiro atoms. The van der Waals surface area contributed by atoms with Gasteiger partial charge in [-0.05, 0) is 122 Å². The highest BCUT2D eigenvalue weighted by Crippen LogP contribution is 2.36. The molecule has 496 valence electrons. The zero-order valence-electron chi connectivity index (χ0n) is 52.9. The summed E-state index contributed by atoms with van der Waals surface area (Å²) in [6.45, 7) is 11.1. The third-order valence-electron chi connectivity index (χ3n) is 15.5. The van der Waals surface area contributed by atoms with Crippen LogP contribution in [0.4, 0.5) is 11.4 Å². The van der Waals surface area contributed by atoms with Gasteiger partial charge in [0.1, 0.15) is 5.82 Å². The molecule has 22 nitrogen and oxygen atoms in total. The van der Waals surface area contributed by atoms with Gasteiger partial charge in [-0.1, -0.05) is 114 Å². The van der Waals surface area contributed by atoms with Crippen LogP contribution in [0.1, 0.15) is 88.9 Å². The number of fused-ring (bicyclic) bond motifs is 5. The van der Waals surface area contributed by atoms with E-state index in [-0.39, 0.29) is 23.8 Å². The molecule has 0 saturated carbocycles. The zero-order chi connectivity index (χ0) is 68.2. The van der Waals surface area contributed by atoms with Gasteiger partial charge in [0.25, 0.3) is 17.7 Å². The minimum atomic E-state index is -3.27. The minimum Gasteiger partial charge on any atom is -0.371 e. The number of aromatic amines is 6. The van der Waals surface area contributed by atoms with Crippen LogP contribution in [0.5, 0.6) is 0 Å². The number of carbonyl (C=O) groups excluding carboxylic acids is 3. The van der Waals surface area contributed by atoms with E-state index in [1.54, 1.807) is 73.3 Å². The van der Waals surface area contributed by atoms with Crippen LogP contribution in [0, 0.1) is 5.92 Å². The zero-order valence-corrected chi connectivity index (χ0v) is 57.5. The summed E-state index contributed by atoms with van der Waals surface area (Å²) in [6.07, 6.45) is 15.6. The van der Waals surface area contributed by atoms with E-state index < -0.39 is 10.0 Å². The molecule has 13 aromatic rings. The van der Waals surface area contributed by atoms with Gasteiger partial charge in [-0.3, -0.25) is 44.2 Å². The predicted octanol–water partition coefficient (Wildman–Crippen LogP) is 14.7. The fraction of sp³-hybridized carbons (Fsp3) is 0.221. The first-order chi connectivity index (χ1) is 46.1. The summed E-state index contributed by atoms with van der Waals surface area (Å²) in [6, 6.07) is 35.0. The molecule has 0 unspecified atom stereocenters. The highest BCUT2D eigenvalue weighted by molar-refractivity contribution is 7.92. The van der Waals surface area contributed by atoms with Crippen LogP contribution in [0.25, 0.3) is 65.6 Å². The van der Waals surface area contributed by atoms with Crippen LogP contribution < -0.4 is 25.2 Å². The first-order valence-electron chi connectivity index (χ1n) is 30.4. The Balaban J connectivity index is 0.000000131. The Bertz CT molecular complexity index is 4930. The van der Waals surface area contributed by atoms with Crippen molar-refractivity contribution in [2.45, 2.75) is 59.0 Å². The second-order valence-electron chi connectivity index (χ2n) is 23.3. The number of halogens is 5. The summed E-state index contributed by atoms with van der Waals surface area (Å²) < 4.78 is 24.4. The molecule has 0 radical (unpaired) electrons. The minimum absolute atomic E-state index is 0.0911. The van der Waals surface area contributed by atoms with Crippen molar-refractivity contribution in [3.05, 3.63) is 212 Å². The largest absolute Gasteiger partial charge is 0.371 e. The van der Waals surface area contributed by atoms with Gasteiger partial charge in [-0.25, -0.2) is 13.4 Å². The van der Waals surface area contributed by atoms with Crippen LogP contribution in [-0.4, -0.2) is 126 Å². The van der Waals surface area contributed by atoms with Gasteiger partial charge in [0, 0.05) is 115 Å². The molecule has 6 aromatic heterocycles. The summed E-state index contributed by atoms with van der Waals surface area (Å²) in [5.74, 6) is 1.63. The molecule has 14 rings (SSSR count). The number of H-pyrrole nitrogens is 6. The maximum absolute atomic E-state index is 12.3. The van der Waals surface area contributed by atoms with Crippen LogP contribution in [-0.2, 0) is 16.6 Å². The Morgan fingerprint density at radius 3 is 1.50 bits per heavy atom. The normalized spacial score (nSPS) is 12.4. The smallest absolute Gasteiger partial charge is 0.252 e. The lowest BCUT2D eigenvalue weighted by Crippen LogP contribution is -2.33. The lowest BCUT2D eigenvalue weighted by Gasteiger charge is -2.33. The van der Waals surface area contributed by atoms with Gasteiger partial charge in [0.05, 0.1) is 87.2 Å². The first-order valence-corrected chi connectivity index (χ1v) is 34.1. The van der Waals surface area contributed by atoms with Crippen molar-refractivity contribution in [1.82, 2.24) is 76.9 Å². The molecular formula is C68H68Cl5N17O5S. The number of hydrogen-bond donors (Lipinski definition) is 9. The Hall–Kier alpha value is -9.49. The summed E-state index contributed by atoms with van der Waals surface area (Å²) in [5, 5.41) is 50.2. The second kappa shape index (κ2) is 31.4. The van der Waals surface area contributed by atoms with Crippen LogP contribution in [0.15, 0.2) is 159 Å². The molecule has 1 saturated heterocycles. The topological polar surface area (TPSA) is 300 Å². The van der Waals surface area contributed by atoms with E-state index in [0.717, 1.165) is 108 Å². The van der Waals surface area contributed by atoms with Gasteiger partial charge in [-0.2, -0.15) is 25.5 Å². The molecule has 1 aliphatic rings. The van der Waals surface area contributed by atoms with E-state index in [0.29, 0.717) is 67.4 Å². The van der Waals surface area contributed by atoms with Crippen molar-refractivity contribution in [1.29, 1.82) is 0 Å². The molecule has 7 aromatic carbocycles. The number of imidazole rings is 1. The Labute approximate surface area is 577 Å². The number of sulfonamides is 1. The van der Waals surface area contributed by atoms with Gasteiger partial charge < -0.3 is 25.8 Å². The number of rotatable bonds is 13. The summed E-state index contributed by atoms with van der Waals surface area (Å²) >= 11 is 30.3. The molecule has 1 aliphatic heterocycles. The maximum Gasteiger partial charge on any atom is 0.252 e. The first kappa shape index (κ1) is 69.3. The van der Waals surface area contributed by atoms with E-state index in [4.69, 9.17) is 58.0 Å². The number of anilines is 2. The van der Waals surface area contributed by atoms with Crippen molar-refractivity contribution >= 4 is 152 Å². The van der Waals surface area contributed by atoms with Gasteiger partial charge >= 0.3 is 0 Å². The number of piperidine rings is 1. The number of aromatic nitrogens is 12. The molecule has 9 N–H and O–H groups in total. The quantitative estimate of drug-likeness (QED) is 0.0521. The van der Waals surface area contributed by atoms with E-state index in [9.17, 15) is 22.8 Å². The molecule has 1 fully saturated rings. The van der Waals surface area contributed by atoms with Crippen LogP contribution in [0.3, 0.4) is 0 Å². The molecule has 28 heteroatoms. The number of benzene rings is 7. The van der Waals surface area contributed by atoms with Crippen LogP contribution in [0.2, 0.25) is 25.1 Å². The highest BCUT2D eigenvalue weighted by atomic mass is 35.5. The predicted molar refractivity (Wildman–Crippen MR) is 384 cm³/mol. The summed E-state index contributed by atoms with van der Waals surface area (Å²) in [4.78, 5) is 46.2. The molecule has 3 amide bonds. The fourth-order valence-electron chi connectivity index (χ4n) is 10.7. The summed E-state index contributed by atoms with van der Waals surface area (Å²) in [5.41, 5.74) is 10.5. The maximum atomic E-state index is 12.3. The third kappa shape index (κ3) is 17.5. The van der Waals surface area contributed by atoms with Crippen molar-refractivity contribution in [2.24, 2.45) is 5.92 Å². The average Bonchev–Trinajstić information content (AvgIpc) is 1.55. The molecule has 0 aliphatic carbocycles. The molecule has 96 heavy (non-hydrogen) atoms. The number of nitrogens with zero attached hydrogens (tertiary/aromatic N) is 8. The molecule has 7 heterocycles. The highest BCUT2D eigenvalue weighted by Gasteiger charge is 2.25. The fourth-order valence-corrected chi connectivity index (χ4v) is 12.3. The number of hydrogen-bond acceptors (Lipinski definition) is 12. The van der Waals surface area contributed by atoms with E-state index in [2.05, 4.69) is 81.8 Å². The van der Waals surface area contributed by atoms with Gasteiger partial charge in [0.2, 0.25) is 10.0 Å². The van der Waals surface area contributed by atoms with Crippen molar-refractivity contribution in [2.75, 3.05) is 42.1 Å². The monoisotopic (exact) mass is 1410 g/mol. The van der Waals surface area contributed by atoms with E-state index in [1.165, 1.54) is 23.3 Å². The van der Waals surface area contributed by atoms with E-state index >= 15 is 0 Å².